The molecule has 1 amide bonds. The highest BCUT2D eigenvalue weighted by molar-refractivity contribution is 6.05. The Hall–Kier alpha value is -3.87. The van der Waals surface area contributed by atoms with Crippen molar-refractivity contribution in [3.63, 3.8) is 0 Å². The third-order valence-electron chi connectivity index (χ3n) is 4.22. The van der Waals surface area contributed by atoms with E-state index in [-0.39, 0.29) is 11.7 Å². The SMILES string of the molecule is CC(=O)c1n[nH]c2cc(-c3ccc(NC(=O)c4ccnnc4)cc3)ccc12. The maximum absolute atomic E-state index is 12.2. The molecular formula is C20H15N5O2. The predicted molar refractivity (Wildman–Crippen MR) is 102 cm³/mol. The van der Waals surface area contributed by atoms with Gasteiger partial charge in [0.15, 0.2) is 5.78 Å². The van der Waals surface area contributed by atoms with Gasteiger partial charge in [0.1, 0.15) is 5.69 Å². The van der Waals surface area contributed by atoms with Gasteiger partial charge in [0.2, 0.25) is 0 Å². The van der Waals surface area contributed by atoms with E-state index in [2.05, 4.69) is 25.7 Å². The van der Waals surface area contributed by atoms with E-state index in [1.807, 2.05) is 42.5 Å². The van der Waals surface area contributed by atoms with Crippen LogP contribution in [-0.4, -0.2) is 32.1 Å². The van der Waals surface area contributed by atoms with Crippen molar-refractivity contribution < 1.29 is 9.59 Å². The summed E-state index contributed by atoms with van der Waals surface area (Å²) in [5.74, 6) is -0.313. The molecule has 2 aromatic heterocycles. The van der Waals surface area contributed by atoms with Crippen LogP contribution in [0.1, 0.15) is 27.8 Å². The molecule has 0 saturated heterocycles. The first-order chi connectivity index (χ1) is 13.1. The Morgan fingerprint density at radius 1 is 0.963 bits per heavy atom. The maximum Gasteiger partial charge on any atom is 0.257 e. The van der Waals surface area contributed by atoms with Crippen molar-refractivity contribution in [1.82, 2.24) is 20.4 Å². The number of nitrogens with zero attached hydrogens (tertiary/aromatic N) is 3. The molecule has 0 fully saturated rings. The van der Waals surface area contributed by atoms with E-state index >= 15 is 0 Å². The lowest BCUT2D eigenvalue weighted by atomic mass is 10.0. The molecule has 2 N–H and O–H groups in total. The first-order valence-corrected chi connectivity index (χ1v) is 8.29. The third kappa shape index (κ3) is 3.30. The van der Waals surface area contributed by atoms with E-state index < -0.39 is 0 Å². The highest BCUT2D eigenvalue weighted by Crippen LogP contribution is 2.26. The average molecular weight is 357 g/mol. The van der Waals surface area contributed by atoms with Crippen LogP contribution < -0.4 is 5.32 Å². The van der Waals surface area contributed by atoms with Crippen LogP contribution in [0.15, 0.2) is 60.9 Å². The number of H-pyrrole nitrogens is 1. The van der Waals surface area contributed by atoms with Crippen LogP contribution in [-0.2, 0) is 0 Å². The molecule has 2 heterocycles. The van der Waals surface area contributed by atoms with E-state index in [0.717, 1.165) is 22.0 Å². The van der Waals surface area contributed by atoms with Gasteiger partial charge in [-0.2, -0.15) is 15.3 Å². The summed E-state index contributed by atoms with van der Waals surface area (Å²) in [5, 5.41) is 18.0. The standard InChI is InChI=1S/C20H15N5O2/c1-12(26)19-17-7-4-14(10-18(17)24-25-19)13-2-5-16(6-3-13)23-20(27)15-8-9-21-22-11-15/h2-11H,1H3,(H,23,27)(H,24,25). The Morgan fingerprint density at radius 2 is 1.74 bits per heavy atom. The summed E-state index contributed by atoms with van der Waals surface area (Å²) in [4.78, 5) is 23.7. The molecule has 0 radical (unpaired) electrons. The molecule has 7 heteroatoms. The second kappa shape index (κ2) is 6.80. The molecule has 0 unspecified atom stereocenters. The van der Waals surface area contributed by atoms with E-state index in [1.54, 1.807) is 6.07 Å². The van der Waals surface area contributed by atoms with Gasteiger partial charge in [-0.15, -0.1) is 0 Å². The number of rotatable bonds is 4. The fraction of sp³-hybridized carbons (Fsp3) is 0.0500. The molecule has 0 saturated carbocycles. The van der Waals surface area contributed by atoms with Crippen molar-refractivity contribution in [2.75, 3.05) is 5.32 Å². The number of nitrogens with one attached hydrogen (secondary N) is 2. The minimum absolute atomic E-state index is 0.0708. The second-order valence-electron chi connectivity index (χ2n) is 6.05. The van der Waals surface area contributed by atoms with Gasteiger partial charge >= 0.3 is 0 Å². The zero-order valence-electron chi connectivity index (χ0n) is 14.4. The predicted octanol–water partition coefficient (Wildman–Crippen LogP) is 3.47. The Balaban J connectivity index is 1.56. The maximum atomic E-state index is 12.2. The number of Topliss-reactive ketones (excluding diaryl/α,β-unsaturated/α-hetero) is 1. The molecule has 0 aliphatic rings. The number of fused-ring (bicyclic) bond motifs is 1. The van der Waals surface area contributed by atoms with Gasteiger partial charge in [-0.1, -0.05) is 18.2 Å². The molecule has 27 heavy (non-hydrogen) atoms. The van der Waals surface area contributed by atoms with Gasteiger partial charge < -0.3 is 5.32 Å². The van der Waals surface area contributed by atoms with Gasteiger partial charge in [0.25, 0.3) is 5.91 Å². The van der Waals surface area contributed by atoms with E-state index in [0.29, 0.717) is 16.9 Å². The molecule has 132 valence electrons. The van der Waals surface area contributed by atoms with E-state index in [9.17, 15) is 9.59 Å². The van der Waals surface area contributed by atoms with Crippen LogP contribution in [0, 0.1) is 0 Å². The fourth-order valence-corrected chi connectivity index (χ4v) is 2.84. The minimum atomic E-state index is -0.242. The number of anilines is 1. The first-order valence-electron chi connectivity index (χ1n) is 8.29. The van der Waals surface area contributed by atoms with E-state index in [4.69, 9.17) is 0 Å². The molecular weight excluding hydrogens is 342 g/mol. The monoisotopic (exact) mass is 357 g/mol. The third-order valence-corrected chi connectivity index (χ3v) is 4.22. The minimum Gasteiger partial charge on any atom is -0.322 e. The Morgan fingerprint density at radius 3 is 2.44 bits per heavy atom. The zero-order valence-corrected chi connectivity index (χ0v) is 14.4. The van der Waals surface area contributed by atoms with Gasteiger partial charge in [-0.25, -0.2) is 0 Å². The number of benzene rings is 2. The number of hydrogen-bond acceptors (Lipinski definition) is 5. The molecule has 0 aliphatic carbocycles. The lowest BCUT2D eigenvalue weighted by Gasteiger charge is -2.07. The summed E-state index contributed by atoms with van der Waals surface area (Å²) >= 11 is 0. The van der Waals surface area contributed by atoms with Crippen LogP contribution in [0.25, 0.3) is 22.0 Å². The molecule has 0 bridgehead atoms. The zero-order chi connectivity index (χ0) is 18.8. The summed E-state index contributed by atoms with van der Waals surface area (Å²) in [6.07, 6.45) is 2.89. The van der Waals surface area contributed by atoms with Crippen molar-refractivity contribution in [2.24, 2.45) is 0 Å². The topological polar surface area (TPSA) is 101 Å². The molecule has 0 atom stereocenters. The quantitative estimate of drug-likeness (QED) is 0.545. The Labute approximate surface area is 154 Å². The molecule has 0 spiro atoms. The average Bonchev–Trinajstić information content (AvgIpc) is 3.13. The van der Waals surface area contributed by atoms with Gasteiger partial charge in [0.05, 0.1) is 23.5 Å². The van der Waals surface area contributed by atoms with Crippen molar-refractivity contribution in [3.8, 4) is 11.1 Å². The summed E-state index contributed by atoms with van der Waals surface area (Å²) < 4.78 is 0. The molecule has 4 aromatic rings. The summed E-state index contributed by atoms with van der Waals surface area (Å²) in [7, 11) is 0. The van der Waals surface area contributed by atoms with Crippen molar-refractivity contribution in [1.29, 1.82) is 0 Å². The number of carbonyl (C=O) groups is 2. The molecule has 7 nitrogen and oxygen atoms in total. The van der Waals surface area contributed by atoms with Crippen molar-refractivity contribution in [3.05, 3.63) is 72.2 Å². The summed E-state index contributed by atoms with van der Waals surface area (Å²) in [5.41, 5.74) is 4.35. The highest BCUT2D eigenvalue weighted by Gasteiger charge is 2.11. The fourth-order valence-electron chi connectivity index (χ4n) is 2.84. The second-order valence-corrected chi connectivity index (χ2v) is 6.05. The largest absolute Gasteiger partial charge is 0.322 e. The number of aromatic nitrogens is 4. The van der Waals surface area contributed by atoms with Gasteiger partial charge in [-0.3, -0.25) is 14.7 Å². The lowest BCUT2D eigenvalue weighted by Crippen LogP contribution is -2.12. The first kappa shape index (κ1) is 16.6. The lowest BCUT2D eigenvalue weighted by molar-refractivity contribution is 0.101. The number of aromatic amines is 1. The van der Waals surface area contributed by atoms with Crippen LogP contribution >= 0.6 is 0 Å². The Kier molecular flexibility index (Phi) is 4.18. The number of amides is 1. The number of hydrogen-bond donors (Lipinski definition) is 2. The molecule has 0 aliphatic heterocycles. The summed E-state index contributed by atoms with van der Waals surface area (Å²) in [6.45, 7) is 1.50. The smallest absolute Gasteiger partial charge is 0.257 e. The van der Waals surface area contributed by atoms with Gasteiger partial charge in [0, 0.05) is 18.0 Å². The van der Waals surface area contributed by atoms with Crippen molar-refractivity contribution >= 4 is 28.3 Å². The summed E-state index contributed by atoms with van der Waals surface area (Å²) in [6, 6.07) is 14.9. The van der Waals surface area contributed by atoms with Crippen molar-refractivity contribution in [2.45, 2.75) is 6.92 Å². The molecule has 2 aromatic carbocycles. The van der Waals surface area contributed by atoms with Crippen LogP contribution in [0.2, 0.25) is 0 Å². The van der Waals surface area contributed by atoms with E-state index in [1.165, 1.54) is 19.3 Å². The van der Waals surface area contributed by atoms with Crippen LogP contribution in [0.4, 0.5) is 5.69 Å². The Bertz CT molecular complexity index is 1130. The molecule has 4 rings (SSSR count). The highest BCUT2D eigenvalue weighted by atomic mass is 16.1. The van der Waals surface area contributed by atoms with Crippen LogP contribution in [0.5, 0.6) is 0 Å². The number of carbonyl (C=O) groups excluding carboxylic acids is 2. The van der Waals surface area contributed by atoms with Crippen LogP contribution in [0.3, 0.4) is 0 Å². The normalized spacial score (nSPS) is 10.7. The number of ketones is 1. The van der Waals surface area contributed by atoms with Gasteiger partial charge in [-0.05, 0) is 41.5 Å².